The molecule has 11 rings (SSSR count). The first kappa shape index (κ1) is 40.4. The van der Waals surface area contributed by atoms with Gasteiger partial charge >= 0.3 is 0 Å². The number of anilines is 6. The summed E-state index contributed by atoms with van der Waals surface area (Å²) in [6.45, 7) is 21.1. The molecular weight excluding hydrogens is 792 g/mol. The van der Waals surface area contributed by atoms with E-state index in [2.05, 4.69) is 242 Å². The van der Waals surface area contributed by atoms with Crippen molar-refractivity contribution in [3.8, 4) is 22.3 Å². The average Bonchev–Trinajstić information content (AvgIpc) is 3.67. The summed E-state index contributed by atoms with van der Waals surface area (Å²) in [5.74, 6) is 0. The van der Waals surface area contributed by atoms with E-state index >= 15 is 0 Å². The molecule has 3 heterocycles. The summed E-state index contributed by atoms with van der Waals surface area (Å²) >= 11 is 1.89. The third kappa shape index (κ3) is 6.60. The molecule has 4 heteroatoms. The van der Waals surface area contributed by atoms with Crippen LogP contribution in [-0.4, -0.2) is 6.71 Å². The van der Waals surface area contributed by atoms with Gasteiger partial charge < -0.3 is 9.80 Å². The predicted molar refractivity (Wildman–Crippen MR) is 280 cm³/mol. The van der Waals surface area contributed by atoms with E-state index in [9.17, 15) is 0 Å². The molecule has 2 aliphatic heterocycles. The Kier molecular flexibility index (Phi) is 9.21. The van der Waals surface area contributed by atoms with Crippen molar-refractivity contribution in [2.75, 3.05) is 9.80 Å². The molecule has 2 aliphatic rings. The van der Waals surface area contributed by atoms with Gasteiger partial charge in [0.2, 0.25) is 0 Å². The van der Waals surface area contributed by atoms with Gasteiger partial charge in [0.25, 0.3) is 6.71 Å². The highest BCUT2D eigenvalue weighted by atomic mass is 32.1. The van der Waals surface area contributed by atoms with Crippen LogP contribution in [0.1, 0.15) is 79.0 Å². The molecule has 0 unspecified atom stereocenters. The lowest BCUT2D eigenvalue weighted by Crippen LogP contribution is -2.61. The van der Waals surface area contributed by atoms with Gasteiger partial charge in [0.15, 0.2) is 0 Å². The molecule has 314 valence electrons. The molecule has 0 atom stereocenters. The number of hydrogen-bond donors (Lipinski definition) is 0. The van der Waals surface area contributed by atoms with Gasteiger partial charge in [-0.3, -0.25) is 0 Å². The average molecular weight is 847 g/mol. The summed E-state index contributed by atoms with van der Waals surface area (Å²) < 4.78 is 2.67. The minimum Gasteiger partial charge on any atom is -0.311 e. The number of rotatable bonds is 4. The maximum Gasteiger partial charge on any atom is 0.252 e. The Morgan fingerprint density at radius 3 is 1.58 bits per heavy atom. The van der Waals surface area contributed by atoms with Crippen molar-refractivity contribution < 1.29 is 0 Å². The van der Waals surface area contributed by atoms with E-state index in [0.717, 1.165) is 5.69 Å². The van der Waals surface area contributed by atoms with E-state index in [-0.39, 0.29) is 23.0 Å². The molecule has 0 aliphatic carbocycles. The highest BCUT2D eigenvalue weighted by Gasteiger charge is 2.45. The Balaban J connectivity index is 1.16. The van der Waals surface area contributed by atoms with Gasteiger partial charge in [-0.15, -0.1) is 11.3 Å². The van der Waals surface area contributed by atoms with Crippen LogP contribution in [-0.2, 0) is 16.2 Å². The van der Waals surface area contributed by atoms with Crippen molar-refractivity contribution in [3.63, 3.8) is 0 Å². The second kappa shape index (κ2) is 14.6. The van der Waals surface area contributed by atoms with Gasteiger partial charge in [-0.1, -0.05) is 178 Å². The van der Waals surface area contributed by atoms with E-state index in [0.29, 0.717) is 0 Å². The van der Waals surface area contributed by atoms with Gasteiger partial charge in [-0.25, -0.2) is 0 Å². The third-order valence-corrected chi connectivity index (χ3v) is 15.0. The van der Waals surface area contributed by atoms with Crippen LogP contribution in [0.25, 0.3) is 42.4 Å². The second-order valence-electron chi connectivity index (χ2n) is 21.1. The molecule has 0 bridgehead atoms. The first-order valence-corrected chi connectivity index (χ1v) is 23.7. The number of benzene rings is 8. The van der Waals surface area contributed by atoms with E-state index in [1.807, 2.05) is 11.3 Å². The molecule has 0 saturated carbocycles. The first-order chi connectivity index (χ1) is 30.6. The van der Waals surface area contributed by atoms with E-state index in [1.54, 1.807) is 0 Å². The van der Waals surface area contributed by atoms with Crippen LogP contribution in [0.15, 0.2) is 170 Å². The quantitative estimate of drug-likeness (QED) is 0.163. The molecule has 0 spiro atoms. The summed E-state index contributed by atoms with van der Waals surface area (Å²) in [5.41, 5.74) is 20.2. The largest absolute Gasteiger partial charge is 0.311 e. The van der Waals surface area contributed by atoms with Crippen LogP contribution in [0.2, 0.25) is 0 Å². The van der Waals surface area contributed by atoms with Crippen molar-refractivity contribution in [2.24, 2.45) is 0 Å². The fraction of sp³-hybridized carbons (Fsp3) is 0.200. The van der Waals surface area contributed by atoms with Crippen LogP contribution in [0, 0.1) is 0 Å². The van der Waals surface area contributed by atoms with Crippen LogP contribution in [0.4, 0.5) is 34.1 Å². The Morgan fingerprint density at radius 1 is 0.391 bits per heavy atom. The monoisotopic (exact) mass is 846 g/mol. The van der Waals surface area contributed by atoms with Gasteiger partial charge in [0.05, 0.1) is 0 Å². The Bertz CT molecular complexity index is 3270. The molecule has 0 saturated heterocycles. The number of fused-ring (bicyclic) bond motifs is 7. The lowest BCUT2D eigenvalue weighted by Gasteiger charge is -2.45. The molecular formula is C60H55BN2S. The topological polar surface area (TPSA) is 6.48 Å². The van der Waals surface area contributed by atoms with Crippen molar-refractivity contribution in [1.82, 2.24) is 0 Å². The SMILES string of the molecule is CC(C)(C)c1ccc2c(c1)B1c3ccc(C(C)(C)C)cc3N(c3ccc(-c4ccccc4)cc3)c3cc(C(C)(C)C)cc(c31)N2c1ccc(-c2cccc3c2sc2ccccc23)cc1. The summed E-state index contributed by atoms with van der Waals surface area (Å²) in [5, 5.41) is 2.66. The highest BCUT2D eigenvalue weighted by Crippen LogP contribution is 2.48. The zero-order valence-corrected chi connectivity index (χ0v) is 39.4. The predicted octanol–water partition coefficient (Wildman–Crippen LogP) is 15.4. The minimum atomic E-state index is -0.105. The van der Waals surface area contributed by atoms with Crippen molar-refractivity contribution in [3.05, 3.63) is 187 Å². The molecule has 2 nitrogen and oxygen atoms in total. The van der Waals surface area contributed by atoms with E-state index in [4.69, 9.17) is 0 Å². The molecule has 0 N–H and O–H groups in total. The molecule has 1 aromatic heterocycles. The van der Waals surface area contributed by atoms with E-state index in [1.165, 1.54) is 104 Å². The van der Waals surface area contributed by atoms with Gasteiger partial charge in [0.1, 0.15) is 0 Å². The molecule has 0 radical (unpaired) electrons. The molecule has 9 aromatic rings. The van der Waals surface area contributed by atoms with Crippen LogP contribution in [0.5, 0.6) is 0 Å². The van der Waals surface area contributed by atoms with Crippen LogP contribution < -0.4 is 26.2 Å². The van der Waals surface area contributed by atoms with Crippen molar-refractivity contribution in [2.45, 2.75) is 78.6 Å². The summed E-state index contributed by atoms with van der Waals surface area (Å²) in [4.78, 5) is 5.15. The smallest absolute Gasteiger partial charge is 0.252 e. The lowest BCUT2D eigenvalue weighted by molar-refractivity contribution is 0.589. The minimum absolute atomic E-state index is 0.0194. The fourth-order valence-corrected chi connectivity index (χ4v) is 11.4. The van der Waals surface area contributed by atoms with E-state index < -0.39 is 0 Å². The number of nitrogens with zero attached hydrogens (tertiary/aromatic N) is 2. The highest BCUT2D eigenvalue weighted by molar-refractivity contribution is 7.26. The lowest BCUT2D eigenvalue weighted by atomic mass is 9.33. The summed E-state index contributed by atoms with van der Waals surface area (Å²) in [6, 6.07) is 64.6. The standard InChI is InChI=1S/C60H55BN2S/c1-58(2,3)41-27-33-51-50(34-41)61-49-32-26-42(59(4,5)6)35-52(49)63(45-28-22-39(23-29-45)38-16-11-10-12-17-38)54-37-43(60(7,8)9)36-53(56(54)61)62(51)44-30-24-40(25-31-44)46-19-15-20-48-47-18-13-14-21-55(47)64-57(46)48/h10-37H,1-9H3. The van der Waals surface area contributed by atoms with Crippen molar-refractivity contribution in [1.29, 1.82) is 0 Å². The Morgan fingerprint density at radius 2 is 0.922 bits per heavy atom. The molecule has 64 heavy (non-hydrogen) atoms. The Labute approximate surface area is 383 Å². The maximum atomic E-state index is 2.58. The molecule has 0 fully saturated rings. The molecule has 0 amide bonds. The molecule has 8 aromatic carbocycles. The second-order valence-corrected chi connectivity index (χ2v) is 22.1. The van der Waals surface area contributed by atoms with Gasteiger partial charge in [-0.05, 0) is 126 Å². The third-order valence-electron chi connectivity index (χ3n) is 13.7. The Hall–Kier alpha value is -6.36. The number of thiophene rings is 1. The van der Waals surface area contributed by atoms with Crippen LogP contribution >= 0.6 is 11.3 Å². The maximum absolute atomic E-state index is 2.58. The number of hydrogen-bond acceptors (Lipinski definition) is 3. The summed E-state index contributed by atoms with van der Waals surface area (Å²) in [6.07, 6.45) is 0. The summed E-state index contributed by atoms with van der Waals surface area (Å²) in [7, 11) is 0. The normalized spacial score (nSPS) is 13.6. The fourth-order valence-electron chi connectivity index (χ4n) is 10.1. The van der Waals surface area contributed by atoms with Gasteiger partial charge in [-0.2, -0.15) is 0 Å². The zero-order valence-electron chi connectivity index (χ0n) is 38.5. The van der Waals surface area contributed by atoms with Crippen LogP contribution in [0.3, 0.4) is 0 Å². The first-order valence-electron chi connectivity index (χ1n) is 22.9. The van der Waals surface area contributed by atoms with Gasteiger partial charge in [0, 0.05) is 54.3 Å². The zero-order chi connectivity index (χ0) is 44.3. The van der Waals surface area contributed by atoms with Crippen molar-refractivity contribution >= 4 is 88.7 Å².